The van der Waals surface area contributed by atoms with Crippen LogP contribution >= 0.6 is 0 Å². The van der Waals surface area contributed by atoms with Gasteiger partial charge in [-0.3, -0.25) is 4.79 Å². The first-order valence-electron chi connectivity index (χ1n) is 8.47. The largest absolute Gasteiger partial charge is 0.339 e. The highest BCUT2D eigenvalue weighted by Gasteiger charge is 2.21. The number of nitrogens with zero attached hydrogens (tertiary/aromatic N) is 1. The Balaban J connectivity index is 1.49. The summed E-state index contributed by atoms with van der Waals surface area (Å²) in [6.07, 6.45) is 6.52. The highest BCUT2D eigenvalue weighted by molar-refractivity contribution is 5.91. The van der Waals surface area contributed by atoms with E-state index in [4.69, 9.17) is 0 Å². The first kappa shape index (κ1) is 16.4. The number of likely N-dealkylation sites (tertiary alicyclic amines) is 1. The molecule has 2 aromatic carbocycles. The van der Waals surface area contributed by atoms with Crippen LogP contribution < -0.4 is 0 Å². The van der Waals surface area contributed by atoms with Crippen molar-refractivity contribution in [1.82, 2.24) is 4.90 Å². The van der Waals surface area contributed by atoms with Crippen LogP contribution in [0.25, 0.3) is 6.08 Å². The molecule has 1 fully saturated rings. The second-order valence-electron chi connectivity index (χ2n) is 6.34. The fourth-order valence-electron chi connectivity index (χ4n) is 3.15. The summed E-state index contributed by atoms with van der Waals surface area (Å²) in [5, 5.41) is 0. The second-order valence-corrected chi connectivity index (χ2v) is 6.34. The van der Waals surface area contributed by atoms with Crippen LogP contribution in [0.4, 0.5) is 4.39 Å². The van der Waals surface area contributed by atoms with E-state index < -0.39 is 0 Å². The third-order valence-corrected chi connectivity index (χ3v) is 4.58. The van der Waals surface area contributed by atoms with Gasteiger partial charge < -0.3 is 4.90 Å². The van der Waals surface area contributed by atoms with E-state index in [9.17, 15) is 9.18 Å². The van der Waals surface area contributed by atoms with Gasteiger partial charge in [0, 0.05) is 19.2 Å². The van der Waals surface area contributed by atoms with Crippen LogP contribution in [0.5, 0.6) is 0 Å². The molecule has 0 spiro atoms. The smallest absolute Gasteiger partial charge is 0.246 e. The molecule has 0 N–H and O–H groups in total. The van der Waals surface area contributed by atoms with Gasteiger partial charge in [-0.25, -0.2) is 4.39 Å². The molecule has 3 rings (SSSR count). The lowest BCUT2D eigenvalue weighted by Crippen LogP contribution is -2.37. The molecule has 0 aromatic heterocycles. The van der Waals surface area contributed by atoms with Gasteiger partial charge in [0.15, 0.2) is 0 Å². The maximum absolute atomic E-state index is 12.9. The molecule has 0 unspecified atom stereocenters. The summed E-state index contributed by atoms with van der Waals surface area (Å²) in [5.74, 6) is 0.425. The van der Waals surface area contributed by atoms with Crippen molar-refractivity contribution in [2.45, 2.75) is 19.3 Å². The van der Waals surface area contributed by atoms with Crippen LogP contribution in [0.2, 0.25) is 0 Å². The van der Waals surface area contributed by atoms with Crippen molar-refractivity contribution in [3.05, 3.63) is 77.6 Å². The number of piperidine rings is 1. The molecule has 0 saturated carbocycles. The fourth-order valence-corrected chi connectivity index (χ4v) is 3.15. The van der Waals surface area contributed by atoms with Crippen LogP contribution in [0.1, 0.15) is 24.0 Å². The van der Waals surface area contributed by atoms with Crippen LogP contribution in [-0.2, 0) is 11.2 Å². The van der Waals surface area contributed by atoms with E-state index in [0.717, 1.165) is 37.9 Å². The van der Waals surface area contributed by atoms with Gasteiger partial charge in [-0.1, -0.05) is 42.5 Å². The minimum atomic E-state index is -0.265. The van der Waals surface area contributed by atoms with Crippen molar-refractivity contribution in [3.63, 3.8) is 0 Å². The van der Waals surface area contributed by atoms with Gasteiger partial charge in [-0.15, -0.1) is 0 Å². The summed E-state index contributed by atoms with van der Waals surface area (Å²) in [6, 6.07) is 16.7. The monoisotopic (exact) mass is 323 g/mol. The van der Waals surface area contributed by atoms with E-state index in [1.165, 1.54) is 17.7 Å². The van der Waals surface area contributed by atoms with E-state index in [0.29, 0.717) is 5.92 Å². The minimum absolute atomic E-state index is 0.0393. The molecular weight excluding hydrogens is 301 g/mol. The molecule has 1 aliphatic heterocycles. The third kappa shape index (κ3) is 4.54. The summed E-state index contributed by atoms with van der Waals surface area (Å²) in [4.78, 5) is 14.2. The number of hydrogen-bond donors (Lipinski definition) is 0. The van der Waals surface area contributed by atoms with Crippen molar-refractivity contribution < 1.29 is 9.18 Å². The lowest BCUT2D eigenvalue weighted by molar-refractivity contribution is -0.127. The molecule has 124 valence electrons. The lowest BCUT2D eigenvalue weighted by Gasteiger charge is -2.31. The minimum Gasteiger partial charge on any atom is -0.339 e. The number of carbonyl (C=O) groups excluding carboxylic acids is 1. The lowest BCUT2D eigenvalue weighted by atomic mass is 9.90. The predicted octanol–water partition coefficient (Wildman–Crippen LogP) is 4.32. The highest BCUT2D eigenvalue weighted by Crippen LogP contribution is 2.22. The number of rotatable bonds is 4. The van der Waals surface area contributed by atoms with Gasteiger partial charge >= 0.3 is 0 Å². The first-order valence-corrected chi connectivity index (χ1v) is 8.47. The molecular formula is C21H22FNO. The zero-order valence-corrected chi connectivity index (χ0v) is 13.7. The molecule has 1 heterocycles. The van der Waals surface area contributed by atoms with Gasteiger partial charge in [0.25, 0.3) is 0 Å². The van der Waals surface area contributed by atoms with Crippen molar-refractivity contribution >= 4 is 12.0 Å². The SMILES string of the molecule is O=C(/C=C/c1ccc(F)cc1)N1CCC(Cc2ccccc2)CC1. The molecule has 1 amide bonds. The Morgan fingerprint density at radius 1 is 1.04 bits per heavy atom. The van der Waals surface area contributed by atoms with Crippen molar-refractivity contribution in [3.8, 4) is 0 Å². The second kappa shape index (κ2) is 7.91. The molecule has 2 aromatic rings. The normalized spacial score (nSPS) is 15.8. The molecule has 0 bridgehead atoms. The summed E-state index contributed by atoms with van der Waals surface area (Å²) < 4.78 is 12.9. The highest BCUT2D eigenvalue weighted by atomic mass is 19.1. The summed E-state index contributed by atoms with van der Waals surface area (Å²) in [7, 11) is 0. The van der Waals surface area contributed by atoms with E-state index >= 15 is 0 Å². The Morgan fingerprint density at radius 2 is 1.71 bits per heavy atom. The van der Waals surface area contributed by atoms with Crippen LogP contribution in [0, 0.1) is 11.7 Å². The Hall–Kier alpha value is -2.42. The molecule has 0 radical (unpaired) electrons. The number of hydrogen-bond acceptors (Lipinski definition) is 1. The molecule has 0 atom stereocenters. The number of carbonyl (C=O) groups is 1. The molecule has 0 aliphatic carbocycles. The summed E-state index contributed by atoms with van der Waals surface area (Å²) in [5.41, 5.74) is 2.21. The molecule has 3 heteroatoms. The Morgan fingerprint density at radius 3 is 2.38 bits per heavy atom. The number of amides is 1. The Labute approximate surface area is 142 Å². The van der Waals surface area contributed by atoms with E-state index in [-0.39, 0.29) is 11.7 Å². The number of halogens is 1. The van der Waals surface area contributed by atoms with Gasteiger partial charge in [-0.05, 0) is 54.5 Å². The molecule has 1 saturated heterocycles. The summed E-state index contributed by atoms with van der Waals surface area (Å²) >= 11 is 0. The maximum Gasteiger partial charge on any atom is 0.246 e. The van der Waals surface area contributed by atoms with Crippen LogP contribution in [0.3, 0.4) is 0 Å². The standard InChI is InChI=1S/C21H22FNO/c22-20-9-6-17(7-10-20)8-11-21(24)23-14-12-19(13-15-23)16-18-4-2-1-3-5-18/h1-11,19H,12-16H2/b11-8+. The molecule has 2 nitrogen and oxygen atoms in total. The van der Waals surface area contributed by atoms with E-state index in [2.05, 4.69) is 24.3 Å². The quantitative estimate of drug-likeness (QED) is 0.767. The topological polar surface area (TPSA) is 20.3 Å². The van der Waals surface area contributed by atoms with Gasteiger partial charge in [0.2, 0.25) is 5.91 Å². The van der Waals surface area contributed by atoms with Crippen molar-refractivity contribution in [1.29, 1.82) is 0 Å². The van der Waals surface area contributed by atoms with E-state index in [1.54, 1.807) is 24.3 Å². The van der Waals surface area contributed by atoms with Gasteiger partial charge in [-0.2, -0.15) is 0 Å². The summed E-state index contributed by atoms with van der Waals surface area (Å²) in [6.45, 7) is 1.62. The Kier molecular flexibility index (Phi) is 5.42. The molecule has 1 aliphatic rings. The van der Waals surface area contributed by atoms with Crippen molar-refractivity contribution in [2.75, 3.05) is 13.1 Å². The van der Waals surface area contributed by atoms with Crippen LogP contribution in [-0.4, -0.2) is 23.9 Å². The van der Waals surface area contributed by atoms with E-state index in [1.807, 2.05) is 11.0 Å². The van der Waals surface area contributed by atoms with Gasteiger partial charge in [0.1, 0.15) is 5.82 Å². The average Bonchev–Trinajstić information content (AvgIpc) is 2.62. The first-order chi connectivity index (χ1) is 11.7. The zero-order valence-electron chi connectivity index (χ0n) is 13.7. The van der Waals surface area contributed by atoms with Crippen molar-refractivity contribution in [2.24, 2.45) is 5.92 Å². The Bertz CT molecular complexity index is 686. The zero-order chi connectivity index (χ0) is 16.8. The predicted molar refractivity (Wildman–Crippen MR) is 94.9 cm³/mol. The number of benzene rings is 2. The third-order valence-electron chi connectivity index (χ3n) is 4.58. The average molecular weight is 323 g/mol. The van der Waals surface area contributed by atoms with Gasteiger partial charge in [0.05, 0.1) is 0 Å². The van der Waals surface area contributed by atoms with Crippen LogP contribution in [0.15, 0.2) is 60.7 Å². The molecule has 24 heavy (non-hydrogen) atoms. The maximum atomic E-state index is 12.9. The fraction of sp³-hybridized carbons (Fsp3) is 0.286.